The Morgan fingerprint density at radius 2 is 0.891 bits per heavy atom. The number of likely N-dealkylation sites (N-methyl/N-ethyl adjacent to an activating group) is 1. The first-order valence-corrected chi connectivity index (χ1v) is 26.7. The maximum atomic E-state index is 12.8. The quantitative estimate of drug-likeness (QED) is 0.0211. The lowest BCUT2D eigenvalue weighted by Crippen LogP contribution is -2.40. The maximum Gasteiger partial charge on any atom is 0.361 e. The van der Waals surface area contributed by atoms with Gasteiger partial charge in [-0.1, -0.05) is 217 Å². The van der Waals surface area contributed by atoms with Crippen LogP contribution in [0.2, 0.25) is 0 Å². The zero-order chi connectivity index (χ0) is 47.0. The number of hydrogen-bond acceptors (Lipinski definition) is 7. The second kappa shape index (κ2) is 47.0. The van der Waals surface area contributed by atoms with Gasteiger partial charge in [0.15, 0.2) is 6.10 Å². The van der Waals surface area contributed by atoms with Gasteiger partial charge in [-0.15, -0.1) is 0 Å². The third-order valence-electron chi connectivity index (χ3n) is 11.7. The second-order valence-corrected chi connectivity index (χ2v) is 19.2. The molecule has 0 aromatic carbocycles. The van der Waals surface area contributed by atoms with E-state index in [4.69, 9.17) is 18.9 Å². The van der Waals surface area contributed by atoms with Crippen LogP contribution in [0.4, 0.5) is 0 Å². The molecular formula is C55H102NO8+. The third kappa shape index (κ3) is 47.5. The molecule has 0 fully saturated rings. The fourth-order valence-electron chi connectivity index (χ4n) is 7.56. The standard InChI is InChI=1S/C55H101NO8/c1-6-8-10-12-14-16-18-20-22-23-24-25-26-27-28-29-30-32-33-35-37-39-41-43-45-52(57)62-49-51(50-63-55(54(59)60)61-48-47-56(3,4)5)64-53(58)46-44-42-40-38-36-34-31-21-19-17-15-13-11-9-7-2/h9,11,15,17,21,31,51,55H,6-8,10,12-14,16,18-20,22-30,32-50H2,1-5H3/p+1/b11-9-,17-15-,31-21-. The Morgan fingerprint density at radius 1 is 0.484 bits per heavy atom. The topological polar surface area (TPSA) is 108 Å². The summed E-state index contributed by atoms with van der Waals surface area (Å²) in [6, 6.07) is 0. The molecule has 374 valence electrons. The number of carbonyl (C=O) groups is 3. The molecule has 2 atom stereocenters. The Morgan fingerprint density at radius 3 is 1.33 bits per heavy atom. The predicted molar refractivity (Wildman–Crippen MR) is 267 cm³/mol. The summed E-state index contributed by atoms with van der Waals surface area (Å²) in [5, 5.41) is 9.67. The molecule has 0 aromatic rings. The average Bonchev–Trinajstić information content (AvgIpc) is 3.26. The molecule has 1 N–H and O–H groups in total. The van der Waals surface area contributed by atoms with Gasteiger partial charge in [0.05, 0.1) is 34.4 Å². The minimum absolute atomic E-state index is 0.185. The molecule has 0 aromatic heterocycles. The van der Waals surface area contributed by atoms with Crippen LogP contribution in [0.5, 0.6) is 0 Å². The average molecular weight is 905 g/mol. The van der Waals surface area contributed by atoms with Gasteiger partial charge in [0.2, 0.25) is 0 Å². The van der Waals surface area contributed by atoms with E-state index in [2.05, 4.69) is 50.3 Å². The van der Waals surface area contributed by atoms with E-state index in [0.717, 1.165) is 70.6 Å². The van der Waals surface area contributed by atoms with Crippen molar-refractivity contribution >= 4 is 17.9 Å². The SMILES string of the molecule is CC/C=C\C/C=C\C/C=C\CCCCCCCC(=O)OC(COC(=O)CCCCCCCCCCCCCCCCCCCCCCCCCC)COC(OCC[N+](C)(C)C)C(=O)O. The molecule has 0 bridgehead atoms. The van der Waals surface area contributed by atoms with Gasteiger partial charge in [-0.3, -0.25) is 9.59 Å². The van der Waals surface area contributed by atoms with E-state index in [1.807, 2.05) is 21.1 Å². The summed E-state index contributed by atoms with van der Waals surface area (Å²) in [7, 11) is 5.96. The van der Waals surface area contributed by atoms with Gasteiger partial charge >= 0.3 is 17.9 Å². The number of rotatable bonds is 49. The van der Waals surface area contributed by atoms with Crippen LogP contribution in [-0.4, -0.2) is 87.4 Å². The number of hydrogen-bond donors (Lipinski definition) is 1. The van der Waals surface area contributed by atoms with Crippen molar-refractivity contribution in [2.45, 2.75) is 251 Å². The fourth-order valence-corrected chi connectivity index (χ4v) is 7.56. The van der Waals surface area contributed by atoms with Crippen molar-refractivity contribution in [1.29, 1.82) is 0 Å². The molecule has 0 heterocycles. The summed E-state index contributed by atoms with van der Waals surface area (Å²) in [5.74, 6) is -2.02. The number of carboxylic acids is 1. The highest BCUT2D eigenvalue weighted by molar-refractivity contribution is 5.71. The summed E-state index contributed by atoms with van der Waals surface area (Å²) in [6.07, 6.45) is 52.2. The molecule has 0 aliphatic heterocycles. The molecule has 0 rings (SSSR count). The zero-order valence-corrected chi connectivity index (χ0v) is 42.4. The highest BCUT2D eigenvalue weighted by atomic mass is 16.7. The lowest BCUT2D eigenvalue weighted by Gasteiger charge is -2.25. The van der Waals surface area contributed by atoms with Gasteiger partial charge in [0, 0.05) is 12.8 Å². The van der Waals surface area contributed by atoms with Gasteiger partial charge in [-0.25, -0.2) is 4.79 Å². The van der Waals surface area contributed by atoms with Crippen LogP contribution in [0.3, 0.4) is 0 Å². The van der Waals surface area contributed by atoms with Crippen LogP contribution in [0.25, 0.3) is 0 Å². The number of nitrogens with zero attached hydrogens (tertiary/aromatic N) is 1. The summed E-state index contributed by atoms with van der Waals surface area (Å²) < 4.78 is 22.8. The highest BCUT2D eigenvalue weighted by Gasteiger charge is 2.25. The first kappa shape index (κ1) is 61.5. The van der Waals surface area contributed by atoms with Crippen molar-refractivity contribution in [3.63, 3.8) is 0 Å². The lowest BCUT2D eigenvalue weighted by atomic mass is 10.0. The minimum Gasteiger partial charge on any atom is -0.477 e. The van der Waals surface area contributed by atoms with E-state index in [1.54, 1.807) is 0 Å². The molecule has 0 amide bonds. The molecule has 9 nitrogen and oxygen atoms in total. The highest BCUT2D eigenvalue weighted by Crippen LogP contribution is 2.17. The summed E-state index contributed by atoms with van der Waals surface area (Å²) >= 11 is 0. The van der Waals surface area contributed by atoms with E-state index in [-0.39, 0.29) is 32.2 Å². The number of carbonyl (C=O) groups excluding carboxylic acids is 2. The molecule has 0 radical (unpaired) electrons. The number of unbranched alkanes of at least 4 members (excludes halogenated alkanes) is 28. The molecule has 0 spiro atoms. The Balaban J connectivity index is 4.23. The number of allylic oxidation sites excluding steroid dienone is 6. The monoisotopic (exact) mass is 905 g/mol. The molecule has 9 heteroatoms. The van der Waals surface area contributed by atoms with Gasteiger partial charge < -0.3 is 28.5 Å². The molecule has 0 aliphatic rings. The Kier molecular flexibility index (Phi) is 45.2. The maximum absolute atomic E-state index is 12.8. The van der Waals surface area contributed by atoms with Crippen molar-refractivity contribution in [1.82, 2.24) is 0 Å². The predicted octanol–water partition coefficient (Wildman–Crippen LogP) is 15.0. The van der Waals surface area contributed by atoms with E-state index in [1.165, 1.54) is 135 Å². The first-order chi connectivity index (χ1) is 31.1. The Labute approximate surface area is 394 Å². The van der Waals surface area contributed by atoms with Crippen molar-refractivity contribution in [2.24, 2.45) is 0 Å². The van der Waals surface area contributed by atoms with Crippen LogP contribution < -0.4 is 0 Å². The van der Waals surface area contributed by atoms with E-state index in [9.17, 15) is 19.5 Å². The fraction of sp³-hybridized carbons (Fsp3) is 0.836. The van der Waals surface area contributed by atoms with Crippen molar-refractivity contribution in [3.05, 3.63) is 36.5 Å². The van der Waals surface area contributed by atoms with Gasteiger partial charge in [-0.05, 0) is 44.9 Å². The molecule has 0 saturated carbocycles. The van der Waals surface area contributed by atoms with E-state index < -0.39 is 24.3 Å². The Bertz CT molecular complexity index is 1150. The summed E-state index contributed by atoms with van der Waals surface area (Å²) in [6.45, 7) is 4.77. The third-order valence-corrected chi connectivity index (χ3v) is 11.7. The number of aliphatic carboxylic acids is 1. The van der Waals surface area contributed by atoms with Crippen LogP contribution in [0.1, 0.15) is 239 Å². The first-order valence-electron chi connectivity index (χ1n) is 26.7. The lowest BCUT2D eigenvalue weighted by molar-refractivity contribution is -0.870. The minimum atomic E-state index is -1.51. The van der Waals surface area contributed by atoms with Crippen molar-refractivity contribution in [3.8, 4) is 0 Å². The zero-order valence-electron chi connectivity index (χ0n) is 42.4. The number of quaternary nitrogens is 1. The van der Waals surface area contributed by atoms with Crippen LogP contribution in [0.15, 0.2) is 36.5 Å². The van der Waals surface area contributed by atoms with Gasteiger partial charge in [0.1, 0.15) is 13.2 Å². The summed E-state index contributed by atoms with van der Waals surface area (Å²) in [5.41, 5.74) is 0. The van der Waals surface area contributed by atoms with Crippen molar-refractivity contribution < 1.29 is 42.9 Å². The molecule has 0 saturated heterocycles. The normalized spacial score (nSPS) is 13.1. The van der Waals surface area contributed by atoms with E-state index in [0.29, 0.717) is 23.9 Å². The van der Waals surface area contributed by atoms with Crippen LogP contribution in [0, 0.1) is 0 Å². The smallest absolute Gasteiger partial charge is 0.361 e. The summed E-state index contributed by atoms with van der Waals surface area (Å²) in [4.78, 5) is 37.3. The second-order valence-electron chi connectivity index (χ2n) is 19.2. The van der Waals surface area contributed by atoms with Crippen LogP contribution in [-0.2, 0) is 33.3 Å². The molecule has 2 unspecified atom stereocenters. The number of carboxylic acid groups (broad SMARTS) is 1. The van der Waals surface area contributed by atoms with Crippen molar-refractivity contribution in [2.75, 3.05) is 47.5 Å². The number of esters is 2. The molecule has 0 aliphatic carbocycles. The number of ether oxygens (including phenoxy) is 4. The molecule has 64 heavy (non-hydrogen) atoms. The molecular weight excluding hydrogens is 803 g/mol. The van der Waals surface area contributed by atoms with Gasteiger partial charge in [-0.2, -0.15) is 0 Å². The largest absolute Gasteiger partial charge is 0.477 e. The van der Waals surface area contributed by atoms with Gasteiger partial charge in [0.25, 0.3) is 6.29 Å². The van der Waals surface area contributed by atoms with E-state index >= 15 is 0 Å². The van der Waals surface area contributed by atoms with Crippen LogP contribution >= 0.6 is 0 Å². The Hall–Kier alpha value is -2.49.